The topological polar surface area (TPSA) is 55.7 Å². The van der Waals surface area contributed by atoms with Crippen molar-refractivity contribution in [2.24, 2.45) is 16.3 Å². The van der Waals surface area contributed by atoms with E-state index in [0.29, 0.717) is 34.2 Å². The number of carbonyl (C=O) groups excluding carboxylic acids is 2. The second-order valence-electron chi connectivity index (χ2n) is 9.87. The lowest BCUT2D eigenvalue weighted by Gasteiger charge is -2.39. The Morgan fingerprint density at radius 2 is 1.84 bits per heavy atom. The largest absolute Gasteiger partial charge is 0.462 e. The molecule has 0 saturated heterocycles. The third kappa shape index (κ3) is 4.61. The fraction of sp³-hybridized carbons (Fsp3) is 0.560. The van der Waals surface area contributed by atoms with E-state index in [9.17, 15) is 9.59 Å². The average molecular weight is 462 g/mol. The molecule has 1 aromatic carbocycles. The van der Waals surface area contributed by atoms with Crippen LogP contribution in [-0.2, 0) is 14.3 Å². The summed E-state index contributed by atoms with van der Waals surface area (Å²) in [5.74, 6) is -1.44. The molecule has 1 heterocycles. The van der Waals surface area contributed by atoms with Crippen LogP contribution in [0.15, 0.2) is 34.5 Å². The molecule has 31 heavy (non-hydrogen) atoms. The Morgan fingerprint density at radius 1 is 1.13 bits per heavy atom. The monoisotopic (exact) mass is 461 g/mol. The van der Waals surface area contributed by atoms with Gasteiger partial charge in [-0.3, -0.25) is 14.6 Å². The predicted octanol–water partition coefficient (Wildman–Crippen LogP) is 6.69. The quantitative estimate of drug-likeness (QED) is 0.471. The molecule has 2 atom stereocenters. The number of nitrogens with zero attached hydrogens (tertiary/aromatic N) is 1. The zero-order chi connectivity index (χ0) is 22.3. The summed E-state index contributed by atoms with van der Waals surface area (Å²) in [5, 5.41) is 0.966. The molecule has 3 aliphatic rings. The summed E-state index contributed by atoms with van der Waals surface area (Å²) in [4.78, 5) is 31.5. The van der Waals surface area contributed by atoms with Crippen molar-refractivity contribution in [3.05, 3.63) is 45.1 Å². The number of rotatable bonds is 3. The number of ether oxygens (including phenoxy) is 1. The normalized spacial score (nSPS) is 26.4. The first-order valence-corrected chi connectivity index (χ1v) is 11.9. The number of esters is 1. The van der Waals surface area contributed by atoms with Gasteiger partial charge in [-0.05, 0) is 62.1 Å². The first kappa shape index (κ1) is 22.5. The molecule has 0 N–H and O–H groups in total. The molecule has 1 fully saturated rings. The summed E-state index contributed by atoms with van der Waals surface area (Å²) in [6.07, 6.45) is 6.16. The SMILES string of the molecule is CC1=NC2=C(C(=O)CC(C)(C)C2)[C@H](c2ccc(Cl)cc2Cl)C1C(=O)OC1CCCCC1. The van der Waals surface area contributed by atoms with E-state index in [1.165, 1.54) is 6.42 Å². The zero-order valence-electron chi connectivity index (χ0n) is 18.3. The molecule has 6 heteroatoms. The van der Waals surface area contributed by atoms with Crippen LogP contribution in [0.25, 0.3) is 0 Å². The van der Waals surface area contributed by atoms with E-state index < -0.39 is 11.8 Å². The fourth-order valence-corrected chi connectivity index (χ4v) is 5.79. The van der Waals surface area contributed by atoms with Crippen molar-refractivity contribution in [3.63, 3.8) is 0 Å². The first-order valence-electron chi connectivity index (χ1n) is 11.1. The summed E-state index contributed by atoms with van der Waals surface area (Å²) in [5.41, 5.74) is 2.63. The number of ketones is 1. The standard InChI is InChI=1S/C25H29Cl2NO3/c1-14-21(24(30)31-16-7-5-4-6-8-16)22(17-10-9-15(26)11-18(17)27)23-19(28-14)12-25(2,3)13-20(23)29/h9-11,16,21-22H,4-8,12-13H2,1-3H3/t21?,22-/m1/s1. The van der Waals surface area contributed by atoms with E-state index in [1.54, 1.807) is 12.1 Å². The average Bonchev–Trinajstić information content (AvgIpc) is 2.66. The Hall–Kier alpha value is -1.65. The van der Waals surface area contributed by atoms with Crippen molar-refractivity contribution in [2.75, 3.05) is 0 Å². The molecule has 2 aliphatic carbocycles. The number of Topliss-reactive ketones (excluding diaryl/α,β-unsaturated/α-hetero) is 1. The molecular formula is C25H29Cl2NO3. The zero-order valence-corrected chi connectivity index (χ0v) is 19.9. The fourth-order valence-electron chi connectivity index (χ4n) is 5.26. The minimum Gasteiger partial charge on any atom is -0.462 e. The van der Waals surface area contributed by atoms with E-state index in [2.05, 4.69) is 13.8 Å². The first-order chi connectivity index (χ1) is 14.7. The highest BCUT2D eigenvalue weighted by Gasteiger charge is 2.47. The minimum absolute atomic E-state index is 0.0361. The van der Waals surface area contributed by atoms with Crippen LogP contribution < -0.4 is 0 Å². The molecule has 4 nitrogen and oxygen atoms in total. The van der Waals surface area contributed by atoms with Crippen LogP contribution >= 0.6 is 23.2 Å². The van der Waals surface area contributed by atoms with Crippen molar-refractivity contribution >= 4 is 40.7 Å². The number of aliphatic imine (C=N–C) groups is 1. The van der Waals surface area contributed by atoms with Crippen molar-refractivity contribution in [2.45, 2.75) is 77.7 Å². The number of allylic oxidation sites excluding steroid dienone is 2. The highest BCUT2D eigenvalue weighted by atomic mass is 35.5. The predicted molar refractivity (Wildman–Crippen MR) is 124 cm³/mol. The van der Waals surface area contributed by atoms with Crippen LogP contribution in [0.4, 0.5) is 0 Å². The number of benzene rings is 1. The van der Waals surface area contributed by atoms with Gasteiger partial charge in [-0.15, -0.1) is 0 Å². The van der Waals surface area contributed by atoms with E-state index in [0.717, 1.165) is 36.9 Å². The van der Waals surface area contributed by atoms with Gasteiger partial charge in [0.05, 0.1) is 0 Å². The van der Waals surface area contributed by atoms with Crippen molar-refractivity contribution < 1.29 is 14.3 Å². The molecule has 4 rings (SSSR count). The third-order valence-corrected chi connectivity index (χ3v) is 7.25. The number of halogens is 2. The van der Waals surface area contributed by atoms with Crippen molar-refractivity contribution in [1.29, 1.82) is 0 Å². The van der Waals surface area contributed by atoms with Gasteiger partial charge < -0.3 is 4.74 Å². The molecule has 0 bridgehead atoms. The smallest absolute Gasteiger partial charge is 0.315 e. The number of hydrogen-bond acceptors (Lipinski definition) is 4. The van der Waals surface area contributed by atoms with Crippen molar-refractivity contribution in [1.82, 2.24) is 0 Å². The van der Waals surface area contributed by atoms with Crippen LogP contribution in [0.5, 0.6) is 0 Å². The second kappa shape index (κ2) is 8.71. The van der Waals surface area contributed by atoms with Gasteiger partial charge >= 0.3 is 5.97 Å². The van der Waals surface area contributed by atoms with Gasteiger partial charge in [-0.25, -0.2) is 0 Å². The maximum absolute atomic E-state index is 13.4. The van der Waals surface area contributed by atoms with E-state index in [4.69, 9.17) is 32.9 Å². The minimum atomic E-state index is -0.662. The molecule has 1 unspecified atom stereocenters. The Labute approximate surface area is 194 Å². The molecule has 0 radical (unpaired) electrons. The van der Waals surface area contributed by atoms with Gasteiger partial charge in [-0.1, -0.05) is 49.5 Å². The van der Waals surface area contributed by atoms with Crippen LogP contribution in [0.1, 0.15) is 77.2 Å². The van der Waals surface area contributed by atoms with Gasteiger partial charge in [0.25, 0.3) is 0 Å². The van der Waals surface area contributed by atoms with E-state index >= 15 is 0 Å². The van der Waals surface area contributed by atoms with Gasteiger partial charge in [-0.2, -0.15) is 0 Å². The summed E-state index contributed by atoms with van der Waals surface area (Å²) >= 11 is 12.7. The highest BCUT2D eigenvalue weighted by Crippen LogP contribution is 2.49. The molecule has 0 aromatic heterocycles. The number of carbonyl (C=O) groups is 2. The maximum Gasteiger partial charge on any atom is 0.315 e. The molecule has 166 valence electrons. The van der Waals surface area contributed by atoms with Crippen LogP contribution in [0.2, 0.25) is 10.0 Å². The van der Waals surface area contributed by atoms with Gasteiger partial charge in [0.2, 0.25) is 0 Å². The van der Waals surface area contributed by atoms with Gasteiger partial charge in [0.1, 0.15) is 12.0 Å². The van der Waals surface area contributed by atoms with Crippen molar-refractivity contribution in [3.8, 4) is 0 Å². The van der Waals surface area contributed by atoms with E-state index in [1.807, 2.05) is 13.0 Å². The summed E-state index contributed by atoms with van der Waals surface area (Å²) in [6.45, 7) is 6.01. The third-order valence-electron chi connectivity index (χ3n) is 6.69. The Kier molecular flexibility index (Phi) is 6.33. The Balaban J connectivity index is 1.78. The lowest BCUT2D eigenvalue weighted by Crippen LogP contribution is -2.40. The molecular weight excluding hydrogens is 433 g/mol. The summed E-state index contributed by atoms with van der Waals surface area (Å²) in [6, 6.07) is 5.25. The highest BCUT2D eigenvalue weighted by molar-refractivity contribution is 6.35. The van der Waals surface area contributed by atoms with Crippen LogP contribution in [0.3, 0.4) is 0 Å². The summed E-state index contributed by atoms with van der Waals surface area (Å²) < 4.78 is 5.95. The number of hydrogen-bond donors (Lipinski definition) is 0. The second-order valence-corrected chi connectivity index (χ2v) is 10.7. The maximum atomic E-state index is 13.4. The molecule has 1 aromatic rings. The Morgan fingerprint density at radius 3 is 2.52 bits per heavy atom. The van der Waals surface area contributed by atoms with E-state index in [-0.39, 0.29) is 23.3 Å². The summed E-state index contributed by atoms with van der Waals surface area (Å²) in [7, 11) is 0. The molecule has 0 spiro atoms. The molecule has 1 aliphatic heterocycles. The lowest BCUT2D eigenvalue weighted by molar-refractivity contribution is -0.153. The molecule has 0 amide bonds. The molecule has 1 saturated carbocycles. The Bertz CT molecular complexity index is 973. The van der Waals surface area contributed by atoms with Crippen LogP contribution in [0, 0.1) is 11.3 Å². The van der Waals surface area contributed by atoms with Gasteiger partial charge in [0, 0.05) is 39.4 Å². The lowest BCUT2D eigenvalue weighted by atomic mass is 9.67. The van der Waals surface area contributed by atoms with Gasteiger partial charge in [0.15, 0.2) is 5.78 Å². The van der Waals surface area contributed by atoms with Crippen LogP contribution in [-0.4, -0.2) is 23.6 Å².